The summed E-state index contributed by atoms with van der Waals surface area (Å²) < 4.78 is 13.1. The predicted molar refractivity (Wildman–Crippen MR) is 73.4 cm³/mol. The molecule has 0 bridgehead atoms. The Kier molecular flexibility index (Phi) is 3.78. The standard InChI is InChI=1S/C14H17FN2S/c1-8(2)12-7-18-14(17-12)13(16)11-5-4-10(15)6-9(11)3/h4-8,13H,16H2,1-3H3. The Labute approximate surface area is 111 Å². The molecule has 0 aliphatic carbocycles. The average molecular weight is 264 g/mol. The topological polar surface area (TPSA) is 38.9 Å². The number of aromatic nitrogens is 1. The smallest absolute Gasteiger partial charge is 0.123 e. The maximum absolute atomic E-state index is 13.1. The minimum atomic E-state index is -0.275. The molecule has 2 N–H and O–H groups in total. The molecule has 1 aromatic heterocycles. The van der Waals surface area contributed by atoms with Crippen LogP contribution < -0.4 is 5.73 Å². The zero-order chi connectivity index (χ0) is 13.3. The third-order valence-electron chi connectivity index (χ3n) is 2.96. The number of thiazole rings is 1. The molecule has 2 nitrogen and oxygen atoms in total. The Morgan fingerprint density at radius 2 is 2.06 bits per heavy atom. The van der Waals surface area contributed by atoms with E-state index in [0.717, 1.165) is 21.8 Å². The molecule has 96 valence electrons. The minimum Gasteiger partial charge on any atom is -0.318 e. The van der Waals surface area contributed by atoms with Gasteiger partial charge >= 0.3 is 0 Å². The van der Waals surface area contributed by atoms with Crippen LogP contribution in [0.3, 0.4) is 0 Å². The van der Waals surface area contributed by atoms with Crippen LogP contribution in [0, 0.1) is 12.7 Å². The summed E-state index contributed by atoms with van der Waals surface area (Å²) in [7, 11) is 0. The zero-order valence-electron chi connectivity index (χ0n) is 10.8. The Morgan fingerprint density at radius 1 is 1.33 bits per heavy atom. The van der Waals surface area contributed by atoms with Crippen LogP contribution in [0.2, 0.25) is 0 Å². The van der Waals surface area contributed by atoms with Crippen LogP contribution in [0.25, 0.3) is 0 Å². The maximum Gasteiger partial charge on any atom is 0.123 e. The summed E-state index contributed by atoms with van der Waals surface area (Å²) in [5.74, 6) is 0.168. The molecule has 1 atom stereocenters. The van der Waals surface area contributed by atoms with Crippen LogP contribution in [0.4, 0.5) is 4.39 Å². The van der Waals surface area contributed by atoms with Crippen molar-refractivity contribution in [2.75, 3.05) is 0 Å². The molecule has 0 aliphatic heterocycles. The Balaban J connectivity index is 2.32. The van der Waals surface area contributed by atoms with Crippen LogP contribution >= 0.6 is 11.3 Å². The third-order valence-corrected chi connectivity index (χ3v) is 3.91. The second kappa shape index (κ2) is 5.16. The lowest BCUT2D eigenvalue weighted by Crippen LogP contribution is -2.13. The molecule has 0 saturated carbocycles. The van der Waals surface area contributed by atoms with Crippen molar-refractivity contribution in [1.82, 2.24) is 4.98 Å². The highest BCUT2D eigenvalue weighted by molar-refractivity contribution is 7.09. The normalized spacial score (nSPS) is 13.0. The van der Waals surface area contributed by atoms with E-state index in [0.29, 0.717) is 5.92 Å². The molecule has 2 rings (SSSR count). The van der Waals surface area contributed by atoms with Crippen molar-refractivity contribution in [2.24, 2.45) is 5.73 Å². The SMILES string of the molecule is Cc1cc(F)ccc1C(N)c1nc(C(C)C)cs1. The summed E-state index contributed by atoms with van der Waals surface area (Å²) in [6, 6.07) is 4.42. The van der Waals surface area contributed by atoms with Gasteiger partial charge in [0, 0.05) is 5.38 Å². The molecule has 0 spiro atoms. The highest BCUT2D eigenvalue weighted by Crippen LogP contribution is 2.27. The van der Waals surface area contributed by atoms with Crippen LogP contribution in [-0.2, 0) is 0 Å². The molecule has 1 unspecified atom stereocenters. The first-order chi connectivity index (χ1) is 8.49. The largest absolute Gasteiger partial charge is 0.318 e. The zero-order valence-corrected chi connectivity index (χ0v) is 11.6. The lowest BCUT2D eigenvalue weighted by molar-refractivity contribution is 0.624. The van der Waals surface area contributed by atoms with Crippen molar-refractivity contribution in [1.29, 1.82) is 0 Å². The van der Waals surface area contributed by atoms with E-state index in [4.69, 9.17) is 5.73 Å². The second-order valence-electron chi connectivity index (χ2n) is 4.74. The van der Waals surface area contributed by atoms with Gasteiger partial charge in [0.1, 0.15) is 10.8 Å². The van der Waals surface area contributed by atoms with Crippen molar-refractivity contribution >= 4 is 11.3 Å². The number of nitrogens with zero attached hydrogens (tertiary/aromatic N) is 1. The van der Waals surface area contributed by atoms with Crippen LogP contribution in [0.1, 0.15) is 47.6 Å². The Hall–Kier alpha value is -1.26. The minimum absolute atomic E-state index is 0.231. The molecule has 1 heterocycles. The summed E-state index contributed by atoms with van der Waals surface area (Å²) >= 11 is 1.56. The highest BCUT2D eigenvalue weighted by Gasteiger charge is 2.16. The number of nitrogens with two attached hydrogens (primary N) is 1. The summed E-state index contributed by atoms with van der Waals surface area (Å²) in [5, 5.41) is 2.92. The van der Waals surface area contributed by atoms with Gasteiger partial charge in [-0.15, -0.1) is 11.3 Å². The van der Waals surface area contributed by atoms with Crippen molar-refractivity contribution in [3.8, 4) is 0 Å². The van der Waals surface area contributed by atoms with E-state index in [2.05, 4.69) is 18.8 Å². The fourth-order valence-corrected chi connectivity index (χ4v) is 2.83. The van der Waals surface area contributed by atoms with E-state index in [1.165, 1.54) is 12.1 Å². The van der Waals surface area contributed by atoms with E-state index in [1.807, 2.05) is 12.3 Å². The molecular weight excluding hydrogens is 247 g/mol. The number of hydrogen-bond donors (Lipinski definition) is 1. The van der Waals surface area contributed by atoms with Crippen LogP contribution in [-0.4, -0.2) is 4.98 Å². The van der Waals surface area contributed by atoms with Gasteiger partial charge in [-0.3, -0.25) is 0 Å². The Bertz CT molecular complexity index is 548. The van der Waals surface area contributed by atoms with Crippen molar-refractivity contribution in [2.45, 2.75) is 32.7 Å². The van der Waals surface area contributed by atoms with Crippen LogP contribution in [0.5, 0.6) is 0 Å². The molecule has 1 aromatic carbocycles. The van der Waals surface area contributed by atoms with Gasteiger partial charge in [-0.2, -0.15) is 0 Å². The molecule has 0 fully saturated rings. The lowest BCUT2D eigenvalue weighted by Gasteiger charge is -2.12. The van der Waals surface area contributed by atoms with E-state index >= 15 is 0 Å². The number of benzene rings is 1. The Morgan fingerprint density at radius 3 is 2.61 bits per heavy atom. The van der Waals surface area contributed by atoms with Gasteiger partial charge in [-0.25, -0.2) is 9.37 Å². The van der Waals surface area contributed by atoms with Crippen molar-refractivity contribution < 1.29 is 4.39 Å². The summed E-state index contributed by atoms with van der Waals surface area (Å²) in [4.78, 5) is 4.55. The number of hydrogen-bond acceptors (Lipinski definition) is 3. The van der Waals surface area contributed by atoms with E-state index in [1.54, 1.807) is 17.4 Å². The molecule has 0 radical (unpaired) electrons. The summed E-state index contributed by atoms with van der Waals surface area (Å²) in [5.41, 5.74) is 9.06. The summed E-state index contributed by atoms with van der Waals surface area (Å²) in [6.45, 7) is 6.08. The quantitative estimate of drug-likeness (QED) is 0.916. The van der Waals surface area contributed by atoms with Gasteiger partial charge in [-0.05, 0) is 36.1 Å². The van der Waals surface area contributed by atoms with Gasteiger partial charge in [0.2, 0.25) is 0 Å². The van der Waals surface area contributed by atoms with E-state index in [9.17, 15) is 4.39 Å². The van der Waals surface area contributed by atoms with Gasteiger partial charge in [0.25, 0.3) is 0 Å². The second-order valence-corrected chi connectivity index (χ2v) is 5.63. The van der Waals surface area contributed by atoms with Crippen molar-refractivity contribution in [3.05, 3.63) is 51.2 Å². The monoisotopic (exact) mass is 264 g/mol. The third kappa shape index (κ3) is 2.60. The fraction of sp³-hybridized carbons (Fsp3) is 0.357. The van der Waals surface area contributed by atoms with Gasteiger partial charge in [-0.1, -0.05) is 19.9 Å². The first kappa shape index (κ1) is 13.2. The van der Waals surface area contributed by atoms with Crippen LogP contribution in [0.15, 0.2) is 23.6 Å². The molecule has 18 heavy (non-hydrogen) atoms. The molecule has 0 saturated heterocycles. The van der Waals surface area contributed by atoms with Gasteiger partial charge < -0.3 is 5.73 Å². The molecule has 0 aliphatic rings. The predicted octanol–water partition coefficient (Wildman–Crippen LogP) is 3.76. The first-order valence-electron chi connectivity index (χ1n) is 5.96. The van der Waals surface area contributed by atoms with Gasteiger partial charge in [0.05, 0.1) is 11.7 Å². The molecule has 0 amide bonds. The molecule has 2 aromatic rings. The molecular formula is C14H17FN2S. The maximum atomic E-state index is 13.1. The number of rotatable bonds is 3. The first-order valence-corrected chi connectivity index (χ1v) is 6.84. The highest BCUT2D eigenvalue weighted by atomic mass is 32.1. The summed E-state index contributed by atoms with van der Waals surface area (Å²) in [6.07, 6.45) is 0. The number of halogens is 1. The number of aryl methyl sites for hydroxylation is 1. The van der Waals surface area contributed by atoms with Gasteiger partial charge in [0.15, 0.2) is 0 Å². The van der Waals surface area contributed by atoms with E-state index < -0.39 is 0 Å². The average Bonchev–Trinajstić information content (AvgIpc) is 2.77. The lowest BCUT2D eigenvalue weighted by atomic mass is 10.0. The molecule has 4 heteroatoms. The van der Waals surface area contributed by atoms with E-state index in [-0.39, 0.29) is 11.9 Å². The van der Waals surface area contributed by atoms with Crippen molar-refractivity contribution in [3.63, 3.8) is 0 Å². The fourth-order valence-electron chi connectivity index (χ4n) is 1.83.